The fourth-order valence-corrected chi connectivity index (χ4v) is 3.64. The first-order valence-electron chi connectivity index (χ1n) is 8.14. The molecular weight excluding hydrogens is 276 g/mol. The molecule has 4 heterocycles. The third kappa shape index (κ3) is 3.24. The van der Waals surface area contributed by atoms with Gasteiger partial charge in [0.2, 0.25) is 5.91 Å². The van der Waals surface area contributed by atoms with Gasteiger partial charge in [0.25, 0.3) is 0 Å². The van der Waals surface area contributed by atoms with Crippen LogP contribution in [0.3, 0.4) is 0 Å². The molecule has 1 aromatic heterocycles. The average molecular weight is 302 g/mol. The number of piperidine rings is 1. The van der Waals surface area contributed by atoms with Crippen LogP contribution in [-0.4, -0.2) is 60.5 Å². The van der Waals surface area contributed by atoms with Crippen LogP contribution in [0.2, 0.25) is 0 Å². The van der Waals surface area contributed by atoms with Crippen molar-refractivity contribution in [2.75, 3.05) is 38.6 Å². The van der Waals surface area contributed by atoms with E-state index in [2.05, 4.69) is 22.0 Å². The summed E-state index contributed by atoms with van der Waals surface area (Å²) in [6.07, 6.45) is 4.44. The van der Waals surface area contributed by atoms with Crippen LogP contribution in [0, 0.1) is 5.92 Å². The summed E-state index contributed by atoms with van der Waals surface area (Å²) in [6.45, 7) is 5.55. The van der Waals surface area contributed by atoms with Crippen LogP contribution in [0.15, 0.2) is 18.3 Å². The van der Waals surface area contributed by atoms with Crippen molar-refractivity contribution in [2.45, 2.75) is 32.4 Å². The minimum absolute atomic E-state index is 0.218. The van der Waals surface area contributed by atoms with Crippen LogP contribution in [-0.2, 0) is 11.3 Å². The smallest absolute Gasteiger partial charge is 0.219 e. The van der Waals surface area contributed by atoms with Crippen molar-refractivity contribution in [3.05, 3.63) is 23.9 Å². The molecule has 3 saturated heterocycles. The molecule has 1 aromatic rings. The maximum absolute atomic E-state index is 11.7. The number of nitrogens with zero attached hydrogens (tertiary/aromatic N) is 4. The number of aromatic nitrogens is 1. The van der Waals surface area contributed by atoms with E-state index in [4.69, 9.17) is 0 Å². The van der Waals surface area contributed by atoms with Crippen LogP contribution in [0.1, 0.15) is 25.3 Å². The van der Waals surface area contributed by atoms with Crippen LogP contribution < -0.4 is 4.90 Å². The normalized spacial score (nSPS) is 25.1. The Balaban J connectivity index is 1.69. The molecule has 3 aliphatic heterocycles. The second-order valence-corrected chi connectivity index (χ2v) is 6.87. The van der Waals surface area contributed by atoms with Gasteiger partial charge in [-0.25, -0.2) is 4.98 Å². The molecule has 22 heavy (non-hydrogen) atoms. The summed E-state index contributed by atoms with van der Waals surface area (Å²) < 4.78 is 0. The maximum Gasteiger partial charge on any atom is 0.219 e. The van der Waals surface area contributed by atoms with Gasteiger partial charge in [-0.1, -0.05) is 6.07 Å². The topological polar surface area (TPSA) is 39.7 Å². The molecule has 0 N–H and O–H groups in total. The molecule has 0 radical (unpaired) electrons. The highest BCUT2D eigenvalue weighted by Gasteiger charge is 2.35. The summed E-state index contributed by atoms with van der Waals surface area (Å²) in [5.41, 5.74) is 1.26. The number of carbonyl (C=O) groups is 1. The van der Waals surface area contributed by atoms with E-state index in [9.17, 15) is 4.79 Å². The van der Waals surface area contributed by atoms with E-state index in [-0.39, 0.29) is 5.91 Å². The molecule has 2 bridgehead atoms. The molecule has 1 amide bonds. The van der Waals surface area contributed by atoms with Gasteiger partial charge in [-0.3, -0.25) is 9.69 Å². The highest BCUT2D eigenvalue weighted by Crippen LogP contribution is 2.29. The third-order valence-corrected chi connectivity index (χ3v) is 4.93. The first-order valence-corrected chi connectivity index (χ1v) is 8.14. The zero-order chi connectivity index (χ0) is 15.7. The van der Waals surface area contributed by atoms with Crippen molar-refractivity contribution < 1.29 is 4.79 Å². The predicted octanol–water partition coefficient (Wildman–Crippen LogP) is 1.59. The highest BCUT2D eigenvalue weighted by atomic mass is 16.2. The minimum Gasteiger partial charge on any atom is -0.363 e. The lowest BCUT2D eigenvalue weighted by Gasteiger charge is -2.36. The monoisotopic (exact) mass is 302 g/mol. The van der Waals surface area contributed by atoms with Crippen molar-refractivity contribution in [1.29, 1.82) is 0 Å². The molecule has 0 saturated carbocycles. The molecule has 0 spiro atoms. The Labute approximate surface area is 132 Å². The SMILES string of the molecule is CC(=O)N1C[C@@H]2CC[C@H](C1)N(Cc1ccc(N(C)C)nc1)C2. The number of anilines is 1. The number of fused-ring (bicyclic) bond motifs is 4. The van der Waals surface area contributed by atoms with Gasteiger partial charge in [-0.05, 0) is 30.4 Å². The Morgan fingerprint density at radius 2 is 2.09 bits per heavy atom. The van der Waals surface area contributed by atoms with E-state index >= 15 is 0 Å². The first kappa shape index (κ1) is 15.3. The molecule has 0 unspecified atom stereocenters. The summed E-state index contributed by atoms with van der Waals surface area (Å²) in [7, 11) is 4.01. The van der Waals surface area contributed by atoms with Crippen LogP contribution in [0.4, 0.5) is 5.82 Å². The lowest BCUT2D eigenvalue weighted by Crippen LogP contribution is -2.43. The number of rotatable bonds is 3. The molecule has 5 heteroatoms. The van der Waals surface area contributed by atoms with Gasteiger partial charge in [0.15, 0.2) is 0 Å². The van der Waals surface area contributed by atoms with Crippen molar-refractivity contribution in [1.82, 2.24) is 14.8 Å². The maximum atomic E-state index is 11.7. The summed E-state index contributed by atoms with van der Waals surface area (Å²) >= 11 is 0. The van der Waals surface area contributed by atoms with E-state index in [0.29, 0.717) is 12.0 Å². The van der Waals surface area contributed by atoms with Crippen molar-refractivity contribution in [3.63, 3.8) is 0 Å². The molecule has 4 rings (SSSR count). The average Bonchev–Trinajstić information content (AvgIpc) is 2.79. The molecule has 0 aliphatic carbocycles. The quantitative estimate of drug-likeness (QED) is 0.850. The molecular formula is C17H26N4O. The fourth-order valence-electron chi connectivity index (χ4n) is 3.64. The second kappa shape index (κ2) is 6.24. The Hall–Kier alpha value is -1.62. The van der Waals surface area contributed by atoms with Gasteiger partial charge < -0.3 is 9.80 Å². The molecule has 3 aliphatic rings. The van der Waals surface area contributed by atoms with Gasteiger partial charge in [-0.15, -0.1) is 0 Å². The lowest BCUT2D eigenvalue weighted by molar-refractivity contribution is -0.129. The lowest BCUT2D eigenvalue weighted by atomic mass is 9.94. The van der Waals surface area contributed by atoms with E-state index < -0.39 is 0 Å². The number of pyridine rings is 1. The Morgan fingerprint density at radius 1 is 1.27 bits per heavy atom. The second-order valence-electron chi connectivity index (χ2n) is 6.87. The van der Waals surface area contributed by atoms with E-state index in [1.807, 2.05) is 30.1 Å². The Bertz CT molecular complexity index is 528. The molecule has 0 aromatic carbocycles. The van der Waals surface area contributed by atoms with E-state index in [0.717, 1.165) is 32.0 Å². The van der Waals surface area contributed by atoms with E-state index in [1.165, 1.54) is 18.4 Å². The van der Waals surface area contributed by atoms with Gasteiger partial charge >= 0.3 is 0 Å². The third-order valence-electron chi connectivity index (χ3n) is 4.93. The first-order chi connectivity index (χ1) is 10.5. The van der Waals surface area contributed by atoms with E-state index in [1.54, 1.807) is 6.92 Å². The van der Waals surface area contributed by atoms with Gasteiger partial charge in [0.1, 0.15) is 5.82 Å². The predicted molar refractivity (Wildman–Crippen MR) is 87.7 cm³/mol. The summed E-state index contributed by atoms with van der Waals surface area (Å²) in [4.78, 5) is 22.8. The molecule has 5 nitrogen and oxygen atoms in total. The van der Waals surface area contributed by atoms with Crippen molar-refractivity contribution in [3.8, 4) is 0 Å². The van der Waals surface area contributed by atoms with Crippen LogP contribution >= 0.6 is 0 Å². The van der Waals surface area contributed by atoms with Gasteiger partial charge in [0, 0.05) is 59.4 Å². The summed E-state index contributed by atoms with van der Waals surface area (Å²) in [5, 5.41) is 0. The number of hydrogen-bond acceptors (Lipinski definition) is 4. The van der Waals surface area contributed by atoms with Crippen LogP contribution in [0.25, 0.3) is 0 Å². The highest BCUT2D eigenvalue weighted by molar-refractivity contribution is 5.73. The van der Waals surface area contributed by atoms with Gasteiger partial charge in [0.05, 0.1) is 0 Å². The molecule has 3 fully saturated rings. The standard InChI is InChI=1S/C17H26N4O/c1-13(22)20-10-15-4-6-16(12-20)21(11-15)9-14-5-7-17(18-8-14)19(2)3/h5,7-8,15-16H,4,6,9-12H2,1-3H3/t15-,16+/m0/s1. The number of amides is 1. The Kier molecular flexibility index (Phi) is 4.34. The van der Waals surface area contributed by atoms with Crippen LogP contribution in [0.5, 0.6) is 0 Å². The van der Waals surface area contributed by atoms with Crippen molar-refractivity contribution >= 4 is 11.7 Å². The summed E-state index contributed by atoms with van der Waals surface area (Å²) in [5.74, 6) is 1.83. The summed E-state index contributed by atoms with van der Waals surface area (Å²) in [6, 6.07) is 4.74. The fraction of sp³-hybridized carbons (Fsp3) is 0.647. The van der Waals surface area contributed by atoms with Crippen molar-refractivity contribution in [2.24, 2.45) is 5.92 Å². The minimum atomic E-state index is 0.218. The number of carbonyl (C=O) groups excluding carboxylic acids is 1. The van der Waals surface area contributed by atoms with Gasteiger partial charge in [-0.2, -0.15) is 0 Å². The molecule has 120 valence electrons. The Morgan fingerprint density at radius 3 is 2.73 bits per heavy atom. The number of hydrogen-bond donors (Lipinski definition) is 0. The largest absolute Gasteiger partial charge is 0.363 e. The zero-order valence-corrected chi connectivity index (χ0v) is 13.8. The molecule has 2 atom stereocenters. The zero-order valence-electron chi connectivity index (χ0n) is 13.8.